The highest BCUT2D eigenvalue weighted by atomic mass is 79.9. The number of thiazole rings is 1. The van der Waals surface area contributed by atoms with E-state index in [1.165, 1.54) is 22.5 Å². The van der Waals surface area contributed by atoms with Crippen molar-refractivity contribution in [3.05, 3.63) is 56.1 Å². The van der Waals surface area contributed by atoms with E-state index in [9.17, 15) is 0 Å². The first kappa shape index (κ1) is 19.1. The van der Waals surface area contributed by atoms with Crippen LogP contribution in [0.3, 0.4) is 0 Å². The Bertz CT molecular complexity index is 870. The molecule has 0 saturated heterocycles. The van der Waals surface area contributed by atoms with Gasteiger partial charge in [-0.15, -0.1) is 39.7 Å². The van der Waals surface area contributed by atoms with Gasteiger partial charge in [0.1, 0.15) is 0 Å². The highest BCUT2D eigenvalue weighted by Gasteiger charge is 2.06. The van der Waals surface area contributed by atoms with Crippen LogP contribution in [0, 0.1) is 13.8 Å². The molecule has 3 rings (SSSR count). The molecule has 0 amide bonds. The van der Waals surface area contributed by atoms with Gasteiger partial charge in [-0.05, 0) is 50.1 Å². The molecule has 0 aliphatic carbocycles. The second-order valence-corrected chi connectivity index (χ2v) is 7.82. The molecule has 24 heavy (non-hydrogen) atoms. The molecule has 0 aliphatic heterocycles. The molecule has 0 fully saturated rings. The number of nitrogens with one attached hydrogen (secondary N) is 1. The molecule has 0 aliphatic rings. The Morgan fingerprint density at radius 1 is 1.17 bits per heavy atom. The van der Waals surface area contributed by atoms with E-state index < -0.39 is 0 Å². The van der Waals surface area contributed by atoms with Gasteiger partial charge in [-0.3, -0.25) is 5.43 Å². The van der Waals surface area contributed by atoms with E-state index in [4.69, 9.17) is 11.6 Å². The minimum Gasteiger partial charge on any atom is -0.252 e. The number of aryl methyl sites for hydroxylation is 2. The molecule has 0 radical (unpaired) electrons. The maximum absolute atomic E-state index is 5.95. The summed E-state index contributed by atoms with van der Waals surface area (Å²) in [6.07, 6.45) is 0. The third-order valence-electron chi connectivity index (χ3n) is 3.56. The zero-order valence-corrected chi connectivity index (χ0v) is 17.6. The van der Waals surface area contributed by atoms with Gasteiger partial charge in [0.15, 0.2) is 0 Å². The van der Waals surface area contributed by atoms with Crippen molar-refractivity contribution in [2.75, 3.05) is 5.43 Å². The molecule has 2 aromatic heterocycles. The van der Waals surface area contributed by atoms with Gasteiger partial charge in [0.05, 0.1) is 20.6 Å². The Labute approximate surface area is 165 Å². The fourth-order valence-corrected chi connectivity index (χ4v) is 3.70. The lowest BCUT2D eigenvalue weighted by molar-refractivity contribution is 1.27. The van der Waals surface area contributed by atoms with E-state index in [-0.39, 0.29) is 17.0 Å². The highest BCUT2D eigenvalue weighted by Crippen LogP contribution is 2.27. The van der Waals surface area contributed by atoms with Crippen molar-refractivity contribution in [3.63, 3.8) is 0 Å². The molecule has 3 aromatic rings. The summed E-state index contributed by atoms with van der Waals surface area (Å²) in [4.78, 5) is 5.65. The first-order valence-electron chi connectivity index (χ1n) is 7.12. The van der Waals surface area contributed by atoms with Crippen molar-refractivity contribution in [3.8, 4) is 11.3 Å². The van der Waals surface area contributed by atoms with Crippen molar-refractivity contribution >= 4 is 62.1 Å². The molecule has 0 saturated carbocycles. The summed E-state index contributed by atoms with van der Waals surface area (Å²) < 4.78 is 0.765. The number of aromatic nitrogens is 1. The third-order valence-corrected chi connectivity index (χ3v) is 5.64. The van der Waals surface area contributed by atoms with E-state index >= 15 is 0 Å². The molecule has 126 valence electrons. The van der Waals surface area contributed by atoms with Crippen molar-refractivity contribution in [2.45, 2.75) is 20.8 Å². The number of nitrogens with zero attached hydrogens (tertiary/aromatic N) is 2. The summed E-state index contributed by atoms with van der Waals surface area (Å²) in [5, 5.41) is 7.20. The van der Waals surface area contributed by atoms with Crippen LogP contribution in [0.4, 0.5) is 5.13 Å². The molecule has 1 aromatic carbocycles. The Kier molecular flexibility index (Phi) is 6.57. The zero-order valence-electron chi connectivity index (χ0n) is 13.5. The van der Waals surface area contributed by atoms with E-state index in [0.29, 0.717) is 0 Å². The maximum Gasteiger partial charge on any atom is 0.203 e. The highest BCUT2D eigenvalue weighted by molar-refractivity contribution is 8.93. The molecule has 0 unspecified atom stereocenters. The number of hydrogen-bond donors (Lipinski definition) is 1. The monoisotopic (exact) mass is 441 g/mol. The third kappa shape index (κ3) is 4.45. The molecule has 0 atom stereocenters. The average molecular weight is 443 g/mol. The molecule has 2 heterocycles. The van der Waals surface area contributed by atoms with Gasteiger partial charge in [0, 0.05) is 10.9 Å². The van der Waals surface area contributed by atoms with Crippen LogP contribution >= 0.6 is 51.3 Å². The molecule has 7 heteroatoms. The Balaban J connectivity index is 0.00000208. The topological polar surface area (TPSA) is 37.3 Å². The van der Waals surface area contributed by atoms with Crippen LogP contribution in [0.2, 0.25) is 4.34 Å². The number of thiophene rings is 1. The van der Waals surface area contributed by atoms with Gasteiger partial charge in [0.25, 0.3) is 0 Å². The molecular weight excluding hydrogens is 426 g/mol. The van der Waals surface area contributed by atoms with Crippen LogP contribution in [-0.2, 0) is 0 Å². The number of benzene rings is 1. The summed E-state index contributed by atoms with van der Waals surface area (Å²) in [7, 11) is 0. The van der Waals surface area contributed by atoms with Crippen molar-refractivity contribution in [2.24, 2.45) is 5.10 Å². The van der Waals surface area contributed by atoms with Crippen LogP contribution in [0.25, 0.3) is 11.3 Å². The Morgan fingerprint density at radius 3 is 2.62 bits per heavy atom. The Morgan fingerprint density at radius 2 is 1.96 bits per heavy atom. The number of anilines is 1. The summed E-state index contributed by atoms with van der Waals surface area (Å²) in [5.74, 6) is 0. The normalized spacial score (nSPS) is 11.2. The SMILES string of the molecule is Br.C/C(=N/Nc1nc(-c2ccc(C)c(C)c2)cs1)c1ccc(Cl)s1. The smallest absolute Gasteiger partial charge is 0.203 e. The average Bonchev–Trinajstić information content (AvgIpc) is 3.17. The predicted molar refractivity (Wildman–Crippen MR) is 113 cm³/mol. The van der Waals surface area contributed by atoms with E-state index in [0.717, 1.165) is 31.3 Å². The number of hydrogen-bond acceptors (Lipinski definition) is 5. The number of halogens is 2. The van der Waals surface area contributed by atoms with Crippen molar-refractivity contribution in [1.29, 1.82) is 0 Å². The van der Waals surface area contributed by atoms with Crippen LogP contribution in [0.1, 0.15) is 22.9 Å². The lowest BCUT2D eigenvalue weighted by atomic mass is 10.1. The van der Waals surface area contributed by atoms with Crippen LogP contribution in [-0.4, -0.2) is 10.7 Å². The van der Waals surface area contributed by atoms with Crippen molar-refractivity contribution in [1.82, 2.24) is 4.98 Å². The summed E-state index contributed by atoms with van der Waals surface area (Å²) in [5.41, 5.74) is 8.57. The van der Waals surface area contributed by atoms with Crippen LogP contribution < -0.4 is 5.43 Å². The quantitative estimate of drug-likeness (QED) is 0.367. The second-order valence-electron chi connectivity index (χ2n) is 5.25. The standard InChI is InChI=1S/C17H16ClN3S2.BrH/c1-10-4-5-13(8-11(10)2)14-9-22-17(19-14)21-20-12(3)15-6-7-16(18)23-15;/h4-9H,1-3H3,(H,19,21);1H/b20-12-;. The zero-order chi connectivity index (χ0) is 16.4. The molecule has 3 nitrogen and oxygen atoms in total. The minimum atomic E-state index is 0. The van der Waals surface area contributed by atoms with Crippen molar-refractivity contribution < 1.29 is 0 Å². The largest absolute Gasteiger partial charge is 0.252 e. The van der Waals surface area contributed by atoms with Crippen LogP contribution in [0.15, 0.2) is 40.8 Å². The first-order valence-corrected chi connectivity index (χ1v) is 9.19. The molecule has 1 N–H and O–H groups in total. The van der Waals surface area contributed by atoms with Gasteiger partial charge in [-0.1, -0.05) is 23.7 Å². The number of rotatable bonds is 4. The summed E-state index contributed by atoms with van der Waals surface area (Å²) in [6.45, 7) is 6.18. The number of hydrazone groups is 1. The molecule has 0 bridgehead atoms. The van der Waals surface area contributed by atoms with Gasteiger partial charge < -0.3 is 0 Å². The Hall–Kier alpha value is -1.21. The lowest BCUT2D eigenvalue weighted by Gasteiger charge is -2.02. The second kappa shape index (κ2) is 8.25. The fraction of sp³-hybridized carbons (Fsp3) is 0.176. The lowest BCUT2D eigenvalue weighted by Crippen LogP contribution is -1.97. The maximum atomic E-state index is 5.95. The van der Waals surface area contributed by atoms with Gasteiger partial charge in [-0.25, -0.2) is 4.98 Å². The van der Waals surface area contributed by atoms with Gasteiger partial charge in [0.2, 0.25) is 5.13 Å². The van der Waals surface area contributed by atoms with E-state index in [1.54, 1.807) is 11.3 Å². The van der Waals surface area contributed by atoms with Gasteiger partial charge >= 0.3 is 0 Å². The fourth-order valence-electron chi connectivity index (χ4n) is 2.05. The van der Waals surface area contributed by atoms with E-state index in [1.807, 2.05) is 24.4 Å². The first-order chi connectivity index (χ1) is 11.0. The minimum absolute atomic E-state index is 0. The summed E-state index contributed by atoms with van der Waals surface area (Å²) >= 11 is 9.01. The summed E-state index contributed by atoms with van der Waals surface area (Å²) in [6, 6.07) is 10.2. The van der Waals surface area contributed by atoms with E-state index in [2.05, 4.69) is 47.6 Å². The predicted octanol–water partition coefficient (Wildman–Crippen LogP) is 6.56. The van der Waals surface area contributed by atoms with Gasteiger partial charge in [-0.2, -0.15) is 5.10 Å². The molecular formula is C17H17BrClN3S2. The van der Waals surface area contributed by atoms with Crippen LogP contribution in [0.5, 0.6) is 0 Å². The molecule has 0 spiro atoms.